The van der Waals surface area contributed by atoms with Crippen molar-refractivity contribution < 1.29 is 32.8 Å². The van der Waals surface area contributed by atoms with Gasteiger partial charge in [-0.25, -0.2) is 9.59 Å². The molecule has 0 fully saturated rings. The van der Waals surface area contributed by atoms with Crippen LogP contribution < -0.4 is 0 Å². The van der Waals surface area contributed by atoms with Crippen LogP contribution in [-0.2, 0) is 10.1 Å². The molecule has 0 aliphatic carbocycles. The summed E-state index contributed by atoms with van der Waals surface area (Å²) in [7, 11) is -4.69. The average molecular weight is 282 g/mol. The van der Waals surface area contributed by atoms with Crippen LogP contribution >= 0.6 is 0 Å². The fourth-order valence-corrected chi connectivity index (χ4v) is 2.45. The van der Waals surface area contributed by atoms with Crippen molar-refractivity contribution in [3.05, 3.63) is 28.3 Å². The summed E-state index contributed by atoms with van der Waals surface area (Å²) in [6.07, 6.45) is 0. The van der Waals surface area contributed by atoms with Gasteiger partial charge in [0.05, 0.1) is 16.0 Å². The molecule has 0 saturated heterocycles. The Balaban J connectivity index is 0.00000324. The number of hydrogen-bond donors (Lipinski definition) is 3. The van der Waals surface area contributed by atoms with Crippen molar-refractivity contribution in [1.82, 2.24) is 0 Å². The Hall–Kier alpha value is -1.33. The van der Waals surface area contributed by atoms with E-state index in [0.717, 1.165) is 6.07 Å². The fraction of sp³-hybridized carbons (Fsp3) is 0.200. The first-order valence-corrected chi connectivity index (χ1v) is 6.09. The Morgan fingerprint density at radius 2 is 1.53 bits per heavy atom. The van der Waals surface area contributed by atoms with E-state index < -0.39 is 38.1 Å². The third kappa shape index (κ3) is 3.36. The van der Waals surface area contributed by atoms with Crippen LogP contribution in [0.3, 0.4) is 0 Å². The molecule has 0 saturated carbocycles. The van der Waals surface area contributed by atoms with Gasteiger partial charge in [-0.2, -0.15) is 8.42 Å². The molecule has 0 aromatic heterocycles. The van der Waals surface area contributed by atoms with Crippen molar-refractivity contribution in [2.75, 3.05) is 0 Å². The molecule has 3 N–H and O–H groups in total. The normalized spacial score (nSPS) is 10.7. The molecule has 0 atom stereocenters. The number of hydrogen-bond acceptors (Lipinski definition) is 4. The fourth-order valence-electron chi connectivity index (χ4n) is 1.70. The van der Waals surface area contributed by atoms with Crippen LogP contribution in [0.25, 0.3) is 0 Å². The SMILES string of the molecule is Cc1c(C(=O)O)cc(S(=O)(=O)O)c(C)c1C(=O)O.[LiH]. The molecule has 0 amide bonds. The van der Waals surface area contributed by atoms with Crippen LogP contribution in [0.15, 0.2) is 11.0 Å². The summed E-state index contributed by atoms with van der Waals surface area (Å²) in [5.41, 5.74) is -1.19. The van der Waals surface area contributed by atoms with Crippen molar-refractivity contribution in [2.24, 2.45) is 0 Å². The minimum absolute atomic E-state index is 0. The van der Waals surface area contributed by atoms with Crippen LogP contribution in [-0.4, -0.2) is 54.0 Å². The Morgan fingerprint density at radius 3 is 1.84 bits per heavy atom. The zero-order chi connectivity index (χ0) is 14.2. The average Bonchev–Trinajstić information content (AvgIpc) is 2.13. The van der Waals surface area contributed by atoms with Gasteiger partial charge in [0.1, 0.15) is 0 Å². The Bertz CT molecular complexity index is 648. The van der Waals surface area contributed by atoms with E-state index in [4.69, 9.17) is 14.8 Å². The molecule has 0 aliphatic heterocycles. The van der Waals surface area contributed by atoms with Crippen molar-refractivity contribution in [3.8, 4) is 0 Å². The Labute approximate surface area is 121 Å². The number of carboxylic acid groups (broad SMARTS) is 2. The van der Waals surface area contributed by atoms with Gasteiger partial charge in [0.15, 0.2) is 0 Å². The number of rotatable bonds is 3. The topological polar surface area (TPSA) is 129 Å². The molecule has 19 heavy (non-hydrogen) atoms. The second-order valence-electron chi connectivity index (χ2n) is 3.63. The van der Waals surface area contributed by atoms with Crippen LogP contribution in [0, 0.1) is 13.8 Å². The van der Waals surface area contributed by atoms with Gasteiger partial charge in [0, 0.05) is 0 Å². The quantitative estimate of drug-likeness (QED) is 0.537. The van der Waals surface area contributed by atoms with Gasteiger partial charge in [-0.05, 0) is 31.0 Å². The number of carboxylic acids is 2. The molecule has 100 valence electrons. The molecular weight excluding hydrogens is 271 g/mol. The summed E-state index contributed by atoms with van der Waals surface area (Å²) in [6.45, 7) is 2.44. The van der Waals surface area contributed by atoms with E-state index in [2.05, 4.69) is 0 Å². The molecule has 1 aromatic rings. The molecule has 0 bridgehead atoms. The second kappa shape index (κ2) is 5.75. The molecule has 0 radical (unpaired) electrons. The Kier molecular flexibility index (Phi) is 5.35. The predicted molar refractivity (Wildman–Crippen MR) is 66.8 cm³/mol. The van der Waals surface area contributed by atoms with Crippen molar-refractivity contribution in [3.63, 3.8) is 0 Å². The second-order valence-corrected chi connectivity index (χ2v) is 5.02. The first kappa shape index (κ1) is 17.7. The van der Waals surface area contributed by atoms with Gasteiger partial charge >= 0.3 is 30.8 Å². The van der Waals surface area contributed by atoms with Crippen LogP contribution in [0.4, 0.5) is 0 Å². The zero-order valence-corrected chi connectivity index (χ0v) is 10.3. The van der Waals surface area contributed by atoms with E-state index in [1.165, 1.54) is 13.8 Å². The number of aromatic carboxylic acids is 2. The van der Waals surface area contributed by atoms with E-state index in [9.17, 15) is 18.0 Å². The number of benzene rings is 1. The molecule has 0 aliphatic rings. The summed E-state index contributed by atoms with van der Waals surface area (Å²) in [4.78, 5) is 21.2. The van der Waals surface area contributed by atoms with E-state index in [0.29, 0.717) is 0 Å². The summed E-state index contributed by atoms with van der Waals surface area (Å²) < 4.78 is 31.1. The molecule has 0 heterocycles. The monoisotopic (exact) mass is 282 g/mol. The molecule has 9 heteroatoms. The summed E-state index contributed by atoms with van der Waals surface area (Å²) in [5, 5.41) is 17.9. The van der Waals surface area contributed by atoms with Crippen molar-refractivity contribution in [2.45, 2.75) is 18.7 Å². The summed E-state index contributed by atoms with van der Waals surface area (Å²) >= 11 is 0. The third-order valence-electron chi connectivity index (χ3n) is 2.52. The first-order chi connectivity index (χ1) is 8.07. The van der Waals surface area contributed by atoms with E-state index in [1.54, 1.807) is 0 Å². The molecule has 1 aromatic carbocycles. The number of carbonyl (C=O) groups is 2. The van der Waals surface area contributed by atoms with Crippen LogP contribution in [0.5, 0.6) is 0 Å². The van der Waals surface area contributed by atoms with Gasteiger partial charge in [-0.1, -0.05) is 0 Å². The van der Waals surface area contributed by atoms with Gasteiger partial charge in [0.25, 0.3) is 10.1 Å². The van der Waals surface area contributed by atoms with E-state index in [1.807, 2.05) is 0 Å². The predicted octanol–water partition coefficient (Wildman–Crippen LogP) is 0.298. The van der Waals surface area contributed by atoms with Crippen LogP contribution in [0.2, 0.25) is 0 Å². The maximum absolute atomic E-state index is 11.1. The van der Waals surface area contributed by atoms with Gasteiger partial charge in [-0.3, -0.25) is 4.55 Å². The van der Waals surface area contributed by atoms with E-state index >= 15 is 0 Å². The molecular formula is C10H11LiO7S. The summed E-state index contributed by atoms with van der Waals surface area (Å²) in [6, 6.07) is 0.745. The molecule has 0 unspecified atom stereocenters. The minimum atomic E-state index is -4.69. The van der Waals surface area contributed by atoms with Crippen molar-refractivity contribution in [1.29, 1.82) is 0 Å². The standard InChI is InChI=1S/C10H10O7S.Li.H/c1-4-6(9(11)12)3-7(18(15,16)17)5(2)8(4)10(13)14;;/h3H,1-2H3,(H,11,12)(H,13,14)(H,15,16,17);;. The van der Waals surface area contributed by atoms with Crippen molar-refractivity contribution >= 4 is 40.9 Å². The van der Waals surface area contributed by atoms with E-state index in [-0.39, 0.29) is 30.0 Å². The molecule has 1 rings (SSSR count). The van der Waals surface area contributed by atoms with Crippen LogP contribution in [0.1, 0.15) is 31.8 Å². The molecule has 0 spiro atoms. The first-order valence-electron chi connectivity index (χ1n) is 4.65. The third-order valence-corrected chi connectivity index (χ3v) is 3.50. The zero-order valence-electron chi connectivity index (χ0n) is 9.46. The summed E-state index contributed by atoms with van der Waals surface area (Å²) in [5.74, 6) is -2.93. The molecule has 7 nitrogen and oxygen atoms in total. The van der Waals surface area contributed by atoms with Gasteiger partial charge in [0.2, 0.25) is 0 Å². The van der Waals surface area contributed by atoms with Gasteiger partial charge < -0.3 is 10.2 Å². The van der Waals surface area contributed by atoms with Gasteiger partial charge in [-0.15, -0.1) is 0 Å². The Morgan fingerprint density at radius 1 is 1.05 bits per heavy atom. The maximum atomic E-state index is 11.1.